The lowest BCUT2D eigenvalue weighted by atomic mass is 10.1. The van der Waals surface area contributed by atoms with Gasteiger partial charge in [0.25, 0.3) is 5.56 Å². The smallest absolute Gasteiger partial charge is 0.269 e. The van der Waals surface area contributed by atoms with E-state index in [1.54, 1.807) is 33.3 Å². The van der Waals surface area contributed by atoms with Crippen LogP contribution in [-0.4, -0.2) is 24.1 Å². The van der Waals surface area contributed by atoms with Gasteiger partial charge in [0, 0.05) is 12.1 Å². The van der Waals surface area contributed by atoms with Gasteiger partial charge in [-0.1, -0.05) is 35.8 Å². The van der Waals surface area contributed by atoms with Gasteiger partial charge >= 0.3 is 0 Å². The van der Waals surface area contributed by atoms with Crippen LogP contribution in [0.25, 0.3) is 10.1 Å². The van der Waals surface area contributed by atoms with Crippen molar-refractivity contribution in [3.8, 4) is 11.5 Å². The molecule has 0 unspecified atom stereocenters. The van der Waals surface area contributed by atoms with E-state index in [9.17, 15) is 9.59 Å². The van der Waals surface area contributed by atoms with E-state index in [1.165, 1.54) is 15.5 Å². The average molecular weight is 372 g/mol. The first-order valence-corrected chi connectivity index (χ1v) is 8.92. The Balaban J connectivity index is 1.78. The lowest BCUT2D eigenvalue weighted by Gasteiger charge is -2.15. The van der Waals surface area contributed by atoms with Crippen molar-refractivity contribution in [1.82, 2.24) is 9.27 Å². The lowest BCUT2D eigenvalue weighted by molar-refractivity contribution is -0.123. The zero-order valence-corrected chi connectivity index (χ0v) is 15.6. The number of ether oxygens (including phenoxy) is 2. The van der Waals surface area contributed by atoms with Gasteiger partial charge in [-0.2, -0.15) is 0 Å². The molecule has 0 spiro atoms. The first kappa shape index (κ1) is 18.0. The third kappa shape index (κ3) is 3.30. The summed E-state index contributed by atoms with van der Waals surface area (Å²) in [4.78, 5) is 25.1. The van der Waals surface area contributed by atoms with Crippen molar-refractivity contribution in [3.05, 3.63) is 58.4 Å². The summed E-state index contributed by atoms with van der Waals surface area (Å²) in [5.74, 6) is 0.957. The minimum Gasteiger partial charge on any atom is -0.493 e. The number of carbonyl (C=O) groups is 1. The largest absolute Gasteiger partial charge is 0.493 e. The van der Waals surface area contributed by atoms with Crippen LogP contribution >= 0.6 is 11.5 Å². The van der Waals surface area contributed by atoms with Crippen LogP contribution in [0, 0.1) is 0 Å². The molecule has 1 amide bonds. The topological polar surface area (TPSA) is 69.6 Å². The summed E-state index contributed by atoms with van der Waals surface area (Å²) in [6.45, 7) is 2.00. The number of para-hydroxylation sites is 1. The van der Waals surface area contributed by atoms with Gasteiger partial charge in [-0.15, -0.1) is 0 Å². The number of aromatic nitrogens is 1. The maximum atomic E-state index is 12.6. The van der Waals surface area contributed by atoms with Crippen LogP contribution in [0.15, 0.2) is 47.3 Å². The number of hydrogen-bond donors (Lipinski definition) is 1. The van der Waals surface area contributed by atoms with Gasteiger partial charge in [0.2, 0.25) is 5.91 Å². The third-order valence-corrected chi connectivity index (χ3v) is 5.41. The van der Waals surface area contributed by atoms with E-state index in [2.05, 4.69) is 5.32 Å². The highest BCUT2D eigenvalue weighted by molar-refractivity contribution is 7.14. The SMILES string of the molecule is COc1cccc(CNC(=O)[C@@H](C)n2sc3ccccc3c2=O)c1OC. The fourth-order valence-electron chi connectivity index (χ4n) is 2.77. The van der Waals surface area contributed by atoms with Crippen LogP contribution in [0.1, 0.15) is 18.5 Å². The summed E-state index contributed by atoms with van der Waals surface area (Å²) in [6, 6.07) is 12.2. The summed E-state index contributed by atoms with van der Waals surface area (Å²) in [5.41, 5.74) is 0.656. The van der Waals surface area contributed by atoms with Crippen LogP contribution in [0.5, 0.6) is 11.5 Å². The molecule has 1 heterocycles. The second kappa shape index (κ2) is 7.61. The van der Waals surface area contributed by atoms with Crippen molar-refractivity contribution in [2.24, 2.45) is 0 Å². The quantitative estimate of drug-likeness (QED) is 0.722. The van der Waals surface area contributed by atoms with E-state index >= 15 is 0 Å². The molecule has 1 N–H and O–H groups in total. The van der Waals surface area contributed by atoms with Crippen molar-refractivity contribution in [1.29, 1.82) is 0 Å². The van der Waals surface area contributed by atoms with Crippen molar-refractivity contribution in [2.75, 3.05) is 14.2 Å². The monoisotopic (exact) mass is 372 g/mol. The molecule has 0 aliphatic rings. The molecule has 0 saturated heterocycles. The Morgan fingerprint density at radius 3 is 2.62 bits per heavy atom. The molecule has 6 nitrogen and oxygen atoms in total. The number of benzene rings is 2. The molecule has 0 aliphatic carbocycles. The zero-order chi connectivity index (χ0) is 18.7. The highest BCUT2D eigenvalue weighted by Crippen LogP contribution is 2.30. The second-order valence-electron chi connectivity index (χ2n) is 5.76. The van der Waals surface area contributed by atoms with Gasteiger partial charge in [-0.25, -0.2) is 0 Å². The van der Waals surface area contributed by atoms with Crippen molar-refractivity contribution < 1.29 is 14.3 Å². The van der Waals surface area contributed by atoms with Crippen LogP contribution in [0.4, 0.5) is 0 Å². The molecular formula is C19H20N2O4S. The first-order valence-electron chi connectivity index (χ1n) is 8.15. The molecule has 1 atom stereocenters. The molecule has 0 aliphatic heterocycles. The van der Waals surface area contributed by atoms with E-state index in [0.29, 0.717) is 16.9 Å². The van der Waals surface area contributed by atoms with Gasteiger partial charge in [0.05, 0.1) is 24.3 Å². The molecule has 3 rings (SSSR count). The normalized spacial score (nSPS) is 12.0. The molecular weight excluding hydrogens is 352 g/mol. The number of hydrogen-bond acceptors (Lipinski definition) is 5. The van der Waals surface area contributed by atoms with Gasteiger partial charge in [-0.3, -0.25) is 13.5 Å². The molecule has 136 valence electrons. The highest BCUT2D eigenvalue weighted by Gasteiger charge is 2.20. The molecule has 0 bridgehead atoms. The number of nitrogens with zero attached hydrogens (tertiary/aromatic N) is 1. The summed E-state index contributed by atoms with van der Waals surface area (Å²) in [7, 11) is 3.12. The van der Waals surface area contributed by atoms with Gasteiger partial charge in [0.15, 0.2) is 11.5 Å². The zero-order valence-electron chi connectivity index (χ0n) is 14.8. The van der Waals surface area contributed by atoms with E-state index in [1.807, 2.05) is 30.3 Å². The summed E-state index contributed by atoms with van der Waals surface area (Å²) in [5, 5.41) is 3.50. The van der Waals surface area contributed by atoms with E-state index in [4.69, 9.17) is 9.47 Å². The minimum absolute atomic E-state index is 0.146. The predicted octanol–water partition coefficient (Wildman–Crippen LogP) is 2.96. The predicted molar refractivity (Wildman–Crippen MR) is 102 cm³/mol. The Hall–Kier alpha value is -2.80. The molecule has 0 radical (unpaired) electrons. The number of methoxy groups -OCH3 is 2. The summed E-state index contributed by atoms with van der Waals surface area (Å²) < 4.78 is 13.0. The van der Waals surface area contributed by atoms with Crippen LogP contribution < -0.4 is 20.3 Å². The molecule has 7 heteroatoms. The molecule has 3 aromatic rings. The van der Waals surface area contributed by atoms with Crippen LogP contribution in [0.3, 0.4) is 0 Å². The summed E-state index contributed by atoms with van der Waals surface area (Å²) in [6.07, 6.45) is 0. The van der Waals surface area contributed by atoms with Crippen molar-refractivity contribution in [2.45, 2.75) is 19.5 Å². The first-order chi connectivity index (χ1) is 12.6. The molecule has 0 fully saturated rings. The Kier molecular flexibility index (Phi) is 5.27. The number of nitrogens with one attached hydrogen (secondary N) is 1. The number of fused-ring (bicyclic) bond motifs is 1. The second-order valence-corrected chi connectivity index (χ2v) is 6.78. The Bertz CT molecular complexity index is 993. The maximum Gasteiger partial charge on any atom is 0.269 e. The van der Waals surface area contributed by atoms with Gasteiger partial charge in [-0.05, 0) is 25.1 Å². The molecule has 1 aromatic heterocycles. The van der Waals surface area contributed by atoms with E-state index < -0.39 is 6.04 Å². The molecule has 2 aromatic carbocycles. The van der Waals surface area contributed by atoms with Gasteiger partial charge < -0.3 is 14.8 Å². The van der Waals surface area contributed by atoms with Crippen molar-refractivity contribution in [3.63, 3.8) is 0 Å². The van der Waals surface area contributed by atoms with Crippen LogP contribution in [-0.2, 0) is 11.3 Å². The summed E-state index contributed by atoms with van der Waals surface area (Å²) >= 11 is 1.29. The maximum absolute atomic E-state index is 12.6. The number of carbonyl (C=O) groups excluding carboxylic acids is 1. The number of rotatable bonds is 6. The third-order valence-electron chi connectivity index (χ3n) is 4.18. The van der Waals surface area contributed by atoms with Gasteiger partial charge in [0.1, 0.15) is 6.04 Å². The fourth-order valence-corrected chi connectivity index (χ4v) is 3.81. The lowest BCUT2D eigenvalue weighted by Crippen LogP contribution is -2.33. The Labute approximate surface area is 155 Å². The fraction of sp³-hybridized carbons (Fsp3) is 0.263. The Morgan fingerprint density at radius 1 is 1.15 bits per heavy atom. The highest BCUT2D eigenvalue weighted by atomic mass is 32.1. The number of amides is 1. The van der Waals surface area contributed by atoms with Crippen LogP contribution in [0.2, 0.25) is 0 Å². The standard InChI is InChI=1S/C19H20N2O4S/c1-12(21-19(23)14-8-4-5-10-16(14)26-21)18(22)20-11-13-7-6-9-15(24-2)17(13)25-3/h4-10,12H,11H2,1-3H3,(H,20,22)/t12-/m1/s1. The molecule has 0 saturated carbocycles. The van der Waals surface area contributed by atoms with E-state index in [-0.39, 0.29) is 18.0 Å². The van der Waals surface area contributed by atoms with E-state index in [0.717, 1.165) is 10.3 Å². The Morgan fingerprint density at radius 2 is 1.92 bits per heavy atom. The minimum atomic E-state index is -0.600. The molecule has 26 heavy (non-hydrogen) atoms. The van der Waals surface area contributed by atoms with Crippen molar-refractivity contribution >= 4 is 27.5 Å². The average Bonchev–Trinajstić information content (AvgIpc) is 3.01.